The maximum absolute atomic E-state index is 12.8. The summed E-state index contributed by atoms with van der Waals surface area (Å²) in [6, 6.07) is 6.73. The minimum atomic E-state index is -0.166. The lowest BCUT2D eigenvalue weighted by Crippen LogP contribution is -2.48. The van der Waals surface area contributed by atoms with Crippen molar-refractivity contribution in [1.29, 1.82) is 0 Å². The number of halogens is 1. The standard InChI is InChI=1S/C11H14FN/c12-10-4-1-3-9(7-10)8-11(13)5-2-6-11/h1,3-4,7H,2,5-6,8,13H2. The molecule has 1 aliphatic rings. The van der Waals surface area contributed by atoms with Gasteiger partial charge in [0.05, 0.1) is 0 Å². The Hall–Kier alpha value is -0.890. The second kappa shape index (κ2) is 3.11. The summed E-state index contributed by atoms with van der Waals surface area (Å²) in [5, 5.41) is 0. The lowest BCUT2D eigenvalue weighted by Gasteiger charge is -2.38. The minimum Gasteiger partial charge on any atom is -0.325 e. The fraction of sp³-hybridized carbons (Fsp3) is 0.455. The normalized spacial score (nSPS) is 19.5. The molecule has 0 bridgehead atoms. The molecule has 0 aliphatic heterocycles. The van der Waals surface area contributed by atoms with Gasteiger partial charge in [0, 0.05) is 5.54 Å². The summed E-state index contributed by atoms with van der Waals surface area (Å²) in [6.07, 6.45) is 4.17. The maximum Gasteiger partial charge on any atom is 0.123 e. The molecule has 1 fully saturated rings. The molecular formula is C11H14FN. The van der Waals surface area contributed by atoms with E-state index in [0.717, 1.165) is 24.8 Å². The van der Waals surface area contributed by atoms with Crippen LogP contribution in [0.1, 0.15) is 24.8 Å². The molecule has 1 aromatic rings. The van der Waals surface area contributed by atoms with Crippen molar-refractivity contribution < 1.29 is 4.39 Å². The van der Waals surface area contributed by atoms with E-state index in [1.54, 1.807) is 12.1 Å². The third-order valence-corrected chi connectivity index (χ3v) is 2.79. The molecule has 1 saturated carbocycles. The summed E-state index contributed by atoms with van der Waals surface area (Å²) in [7, 11) is 0. The molecule has 0 radical (unpaired) electrons. The number of hydrogen-bond acceptors (Lipinski definition) is 1. The van der Waals surface area contributed by atoms with E-state index in [4.69, 9.17) is 5.73 Å². The summed E-state index contributed by atoms with van der Waals surface area (Å²) in [6.45, 7) is 0. The fourth-order valence-corrected chi connectivity index (χ4v) is 1.86. The highest BCUT2D eigenvalue weighted by atomic mass is 19.1. The first-order chi connectivity index (χ1) is 6.18. The van der Waals surface area contributed by atoms with Gasteiger partial charge in [-0.3, -0.25) is 0 Å². The number of benzene rings is 1. The number of rotatable bonds is 2. The van der Waals surface area contributed by atoms with Crippen LogP contribution in [0.2, 0.25) is 0 Å². The Balaban J connectivity index is 2.09. The minimum absolute atomic E-state index is 0.0478. The second-order valence-corrected chi connectivity index (χ2v) is 4.02. The Morgan fingerprint density at radius 2 is 2.15 bits per heavy atom. The highest BCUT2D eigenvalue weighted by Crippen LogP contribution is 2.32. The first-order valence-corrected chi connectivity index (χ1v) is 4.71. The van der Waals surface area contributed by atoms with Crippen LogP contribution in [0.15, 0.2) is 24.3 Å². The molecule has 13 heavy (non-hydrogen) atoms. The highest BCUT2D eigenvalue weighted by Gasteiger charge is 2.32. The first kappa shape index (κ1) is 8.70. The quantitative estimate of drug-likeness (QED) is 0.740. The van der Waals surface area contributed by atoms with Gasteiger partial charge < -0.3 is 5.73 Å². The van der Waals surface area contributed by atoms with Crippen LogP contribution in [0.5, 0.6) is 0 Å². The van der Waals surface area contributed by atoms with Crippen LogP contribution in [0.25, 0.3) is 0 Å². The van der Waals surface area contributed by atoms with Gasteiger partial charge in [0.2, 0.25) is 0 Å². The van der Waals surface area contributed by atoms with E-state index in [0.29, 0.717) is 0 Å². The van der Waals surface area contributed by atoms with Crippen LogP contribution in [0.3, 0.4) is 0 Å². The molecule has 0 heterocycles. The second-order valence-electron chi connectivity index (χ2n) is 4.02. The third kappa shape index (κ3) is 1.89. The third-order valence-electron chi connectivity index (χ3n) is 2.79. The van der Waals surface area contributed by atoms with E-state index in [9.17, 15) is 4.39 Å². The highest BCUT2D eigenvalue weighted by molar-refractivity contribution is 5.20. The molecule has 0 spiro atoms. The SMILES string of the molecule is NC1(Cc2cccc(F)c2)CCC1. The monoisotopic (exact) mass is 179 g/mol. The van der Waals surface area contributed by atoms with Gasteiger partial charge in [0.1, 0.15) is 5.82 Å². The lowest BCUT2D eigenvalue weighted by atomic mass is 9.74. The Morgan fingerprint density at radius 1 is 1.38 bits per heavy atom. The zero-order valence-electron chi connectivity index (χ0n) is 7.59. The predicted octanol–water partition coefficient (Wildman–Crippen LogP) is 2.25. The molecule has 1 aromatic carbocycles. The number of nitrogens with two attached hydrogens (primary N) is 1. The van der Waals surface area contributed by atoms with Gasteiger partial charge in [-0.25, -0.2) is 4.39 Å². The summed E-state index contributed by atoms with van der Waals surface area (Å²) in [5.74, 6) is -0.166. The van der Waals surface area contributed by atoms with Crippen molar-refractivity contribution >= 4 is 0 Å². The van der Waals surface area contributed by atoms with Crippen LogP contribution in [-0.4, -0.2) is 5.54 Å². The van der Waals surface area contributed by atoms with Crippen molar-refractivity contribution in [3.63, 3.8) is 0 Å². The Labute approximate surface area is 77.8 Å². The van der Waals surface area contributed by atoms with Crippen LogP contribution in [-0.2, 0) is 6.42 Å². The molecule has 0 atom stereocenters. The number of hydrogen-bond donors (Lipinski definition) is 1. The van der Waals surface area contributed by atoms with Crippen molar-refractivity contribution in [2.75, 3.05) is 0 Å². The lowest BCUT2D eigenvalue weighted by molar-refractivity contribution is 0.247. The van der Waals surface area contributed by atoms with E-state index >= 15 is 0 Å². The van der Waals surface area contributed by atoms with Crippen molar-refractivity contribution in [3.8, 4) is 0 Å². The molecule has 0 unspecified atom stereocenters. The Kier molecular flexibility index (Phi) is 2.08. The van der Waals surface area contributed by atoms with Crippen molar-refractivity contribution in [2.24, 2.45) is 5.73 Å². The van der Waals surface area contributed by atoms with E-state index in [2.05, 4.69) is 0 Å². The smallest absolute Gasteiger partial charge is 0.123 e. The van der Waals surface area contributed by atoms with E-state index < -0.39 is 0 Å². The molecule has 0 aromatic heterocycles. The summed E-state index contributed by atoms with van der Waals surface area (Å²) in [5.41, 5.74) is 7.03. The van der Waals surface area contributed by atoms with Crippen LogP contribution < -0.4 is 5.73 Å². The largest absolute Gasteiger partial charge is 0.325 e. The zero-order chi connectivity index (χ0) is 9.31. The molecule has 2 rings (SSSR count). The average molecular weight is 179 g/mol. The molecule has 1 nitrogen and oxygen atoms in total. The van der Waals surface area contributed by atoms with Gasteiger partial charge in [-0.15, -0.1) is 0 Å². The van der Waals surface area contributed by atoms with E-state index in [1.807, 2.05) is 6.07 Å². The Morgan fingerprint density at radius 3 is 2.69 bits per heavy atom. The summed E-state index contributed by atoms with van der Waals surface area (Å²) < 4.78 is 12.8. The van der Waals surface area contributed by atoms with Crippen molar-refractivity contribution in [2.45, 2.75) is 31.2 Å². The molecule has 2 N–H and O–H groups in total. The first-order valence-electron chi connectivity index (χ1n) is 4.71. The van der Waals surface area contributed by atoms with Gasteiger partial charge >= 0.3 is 0 Å². The van der Waals surface area contributed by atoms with Crippen molar-refractivity contribution in [3.05, 3.63) is 35.6 Å². The van der Waals surface area contributed by atoms with Gasteiger partial charge in [-0.1, -0.05) is 12.1 Å². The van der Waals surface area contributed by atoms with Gasteiger partial charge in [-0.05, 0) is 43.4 Å². The van der Waals surface area contributed by atoms with Crippen molar-refractivity contribution in [1.82, 2.24) is 0 Å². The summed E-state index contributed by atoms with van der Waals surface area (Å²) in [4.78, 5) is 0. The van der Waals surface area contributed by atoms with Crippen LogP contribution >= 0.6 is 0 Å². The van der Waals surface area contributed by atoms with E-state index in [1.165, 1.54) is 12.5 Å². The molecule has 70 valence electrons. The van der Waals surface area contributed by atoms with Gasteiger partial charge in [0.15, 0.2) is 0 Å². The molecule has 2 heteroatoms. The molecular weight excluding hydrogens is 165 g/mol. The summed E-state index contributed by atoms with van der Waals surface area (Å²) >= 11 is 0. The molecule has 0 amide bonds. The molecule has 1 aliphatic carbocycles. The Bertz CT molecular complexity index is 305. The average Bonchev–Trinajstić information content (AvgIpc) is 2.01. The van der Waals surface area contributed by atoms with Crippen LogP contribution in [0.4, 0.5) is 4.39 Å². The maximum atomic E-state index is 12.8. The van der Waals surface area contributed by atoms with Gasteiger partial charge in [-0.2, -0.15) is 0 Å². The predicted molar refractivity (Wildman–Crippen MR) is 50.9 cm³/mol. The van der Waals surface area contributed by atoms with E-state index in [-0.39, 0.29) is 11.4 Å². The zero-order valence-corrected chi connectivity index (χ0v) is 7.59. The molecule has 0 saturated heterocycles. The fourth-order valence-electron chi connectivity index (χ4n) is 1.86. The topological polar surface area (TPSA) is 26.0 Å². The van der Waals surface area contributed by atoms with Gasteiger partial charge in [0.25, 0.3) is 0 Å². The van der Waals surface area contributed by atoms with Crippen LogP contribution in [0, 0.1) is 5.82 Å².